The highest BCUT2D eigenvalue weighted by Gasteiger charge is 2.20. The Morgan fingerprint density at radius 3 is 2.76 bits per heavy atom. The summed E-state index contributed by atoms with van der Waals surface area (Å²) < 4.78 is 0. The SMILES string of the molecule is N#Cc1cccc(C(O)C(=O)O)c1CCC=O. The minimum atomic E-state index is -1.68. The molecule has 2 N–H and O–H groups in total. The lowest BCUT2D eigenvalue weighted by Crippen LogP contribution is -2.13. The summed E-state index contributed by atoms with van der Waals surface area (Å²) in [4.78, 5) is 21.1. The number of rotatable bonds is 5. The van der Waals surface area contributed by atoms with E-state index in [-0.39, 0.29) is 24.0 Å². The number of carboxylic acid groups (broad SMARTS) is 1. The van der Waals surface area contributed by atoms with Crippen LogP contribution in [0, 0.1) is 11.3 Å². The Bertz CT molecular complexity index is 476. The summed E-state index contributed by atoms with van der Waals surface area (Å²) in [6, 6.07) is 6.39. The summed E-state index contributed by atoms with van der Waals surface area (Å²) in [5.41, 5.74) is 0.861. The van der Waals surface area contributed by atoms with Gasteiger partial charge in [0.05, 0.1) is 11.6 Å². The molecule has 0 spiro atoms. The van der Waals surface area contributed by atoms with Crippen molar-refractivity contribution in [2.45, 2.75) is 18.9 Å². The van der Waals surface area contributed by atoms with E-state index in [1.54, 1.807) is 0 Å². The van der Waals surface area contributed by atoms with Crippen molar-refractivity contribution in [3.8, 4) is 6.07 Å². The molecule has 17 heavy (non-hydrogen) atoms. The maximum atomic E-state index is 10.7. The molecule has 1 aromatic carbocycles. The fourth-order valence-corrected chi connectivity index (χ4v) is 1.58. The maximum absolute atomic E-state index is 10.7. The standard InChI is InChI=1S/C12H11NO4/c13-7-8-3-1-4-10(11(15)12(16)17)9(8)5-2-6-14/h1,3-4,6,11,15H,2,5H2,(H,16,17). The summed E-state index contributed by atoms with van der Waals surface area (Å²) in [5.74, 6) is -1.38. The minimum Gasteiger partial charge on any atom is -0.479 e. The van der Waals surface area contributed by atoms with E-state index in [4.69, 9.17) is 10.4 Å². The zero-order valence-electron chi connectivity index (χ0n) is 8.96. The zero-order chi connectivity index (χ0) is 12.8. The highest BCUT2D eigenvalue weighted by atomic mass is 16.4. The topological polar surface area (TPSA) is 98.4 Å². The van der Waals surface area contributed by atoms with E-state index >= 15 is 0 Å². The van der Waals surface area contributed by atoms with E-state index < -0.39 is 12.1 Å². The molecule has 0 heterocycles. The third kappa shape index (κ3) is 2.89. The van der Waals surface area contributed by atoms with Crippen LogP contribution in [0.25, 0.3) is 0 Å². The first-order valence-corrected chi connectivity index (χ1v) is 4.98. The molecule has 0 saturated heterocycles. The van der Waals surface area contributed by atoms with Crippen molar-refractivity contribution in [1.82, 2.24) is 0 Å². The smallest absolute Gasteiger partial charge is 0.337 e. The van der Waals surface area contributed by atoms with Gasteiger partial charge in [-0.2, -0.15) is 5.26 Å². The average Bonchev–Trinajstić information content (AvgIpc) is 2.34. The van der Waals surface area contributed by atoms with Crippen LogP contribution in [0.2, 0.25) is 0 Å². The van der Waals surface area contributed by atoms with Crippen molar-refractivity contribution in [2.75, 3.05) is 0 Å². The normalized spacial score (nSPS) is 11.5. The Kier molecular flexibility index (Phi) is 4.37. The summed E-state index contributed by atoms with van der Waals surface area (Å²) in [7, 11) is 0. The highest BCUT2D eigenvalue weighted by molar-refractivity contribution is 5.75. The Morgan fingerprint density at radius 2 is 2.24 bits per heavy atom. The molecular weight excluding hydrogens is 222 g/mol. The molecule has 0 aliphatic heterocycles. The monoisotopic (exact) mass is 233 g/mol. The number of carboxylic acids is 1. The molecular formula is C12H11NO4. The van der Waals surface area contributed by atoms with Gasteiger partial charge in [-0.1, -0.05) is 12.1 Å². The van der Waals surface area contributed by atoms with Crippen molar-refractivity contribution in [1.29, 1.82) is 5.26 Å². The Labute approximate surface area is 97.9 Å². The first-order chi connectivity index (χ1) is 8.11. The number of nitrogens with zero attached hydrogens (tertiary/aromatic N) is 1. The van der Waals surface area contributed by atoms with Crippen LogP contribution in [0.15, 0.2) is 18.2 Å². The molecule has 0 radical (unpaired) electrons. The van der Waals surface area contributed by atoms with E-state index in [9.17, 15) is 14.7 Å². The number of hydrogen-bond acceptors (Lipinski definition) is 4. The molecule has 0 aromatic heterocycles. The molecule has 0 aliphatic rings. The first-order valence-electron chi connectivity index (χ1n) is 4.98. The van der Waals surface area contributed by atoms with Crippen LogP contribution in [0.3, 0.4) is 0 Å². The molecule has 1 aromatic rings. The van der Waals surface area contributed by atoms with Gasteiger partial charge < -0.3 is 15.0 Å². The number of benzene rings is 1. The van der Waals surface area contributed by atoms with Gasteiger partial charge >= 0.3 is 5.97 Å². The second-order valence-corrected chi connectivity index (χ2v) is 3.43. The van der Waals surface area contributed by atoms with Crippen molar-refractivity contribution >= 4 is 12.3 Å². The lowest BCUT2D eigenvalue weighted by Gasteiger charge is -2.12. The third-order valence-corrected chi connectivity index (χ3v) is 2.37. The van der Waals surface area contributed by atoms with Gasteiger partial charge in [0.15, 0.2) is 6.10 Å². The summed E-state index contributed by atoms with van der Waals surface area (Å²) in [6.45, 7) is 0. The van der Waals surface area contributed by atoms with Crippen LogP contribution in [0.1, 0.15) is 29.2 Å². The van der Waals surface area contributed by atoms with Crippen LogP contribution in [0.5, 0.6) is 0 Å². The number of nitriles is 1. The molecule has 1 atom stereocenters. The van der Waals surface area contributed by atoms with Gasteiger partial charge in [-0.15, -0.1) is 0 Å². The van der Waals surface area contributed by atoms with Gasteiger partial charge in [0.1, 0.15) is 6.29 Å². The van der Waals surface area contributed by atoms with Crippen LogP contribution < -0.4 is 0 Å². The van der Waals surface area contributed by atoms with E-state index in [2.05, 4.69) is 0 Å². The third-order valence-electron chi connectivity index (χ3n) is 2.37. The zero-order valence-corrected chi connectivity index (χ0v) is 8.96. The molecule has 1 rings (SSSR count). The van der Waals surface area contributed by atoms with Crippen molar-refractivity contribution < 1.29 is 19.8 Å². The lowest BCUT2D eigenvalue weighted by molar-refractivity contribution is -0.147. The van der Waals surface area contributed by atoms with Gasteiger partial charge in [0.25, 0.3) is 0 Å². The van der Waals surface area contributed by atoms with E-state index in [0.29, 0.717) is 11.8 Å². The molecule has 0 bridgehead atoms. The minimum absolute atomic E-state index is 0.165. The Morgan fingerprint density at radius 1 is 1.53 bits per heavy atom. The molecule has 0 saturated carbocycles. The number of aliphatic carboxylic acids is 1. The molecule has 5 heteroatoms. The van der Waals surface area contributed by atoms with E-state index in [1.165, 1.54) is 18.2 Å². The summed E-state index contributed by atoms with van der Waals surface area (Å²) in [5, 5.41) is 27.1. The van der Waals surface area contributed by atoms with Crippen LogP contribution >= 0.6 is 0 Å². The fourth-order valence-electron chi connectivity index (χ4n) is 1.58. The van der Waals surface area contributed by atoms with Crippen LogP contribution in [-0.4, -0.2) is 22.5 Å². The molecule has 0 fully saturated rings. The second-order valence-electron chi connectivity index (χ2n) is 3.43. The van der Waals surface area contributed by atoms with Gasteiger partial charge in [-0.25, -0.2) is 4.79 Å². The van der Waals surface area contributed by atoms with Crippen molar-refractivity contribution in [3.63, 3.8) is 0 Å². The largest absolute Gasteiger partial charge is 0.479 e. The van der Waals surface area contributed by atoms with Gasteiger partial charge in [0, 0.05) is 6.42 Å². The number of aldehydes is 1. The average molecular weight is 233 g/mol. The number of carbonyl (C=O) groups excluding carboxylic acids is 1. The summed E-state index contributed by atoms with van der Waals surface area (Å²) >= 11 is 0. The van der Waals surface area contributed by atoms with E-state index in [0.717, 1.165) is 0 Å². The molecule has 1 unspecified atom stereocenters. The Hall–Kier alpha value is -2.19. The van der Waals surface area contributed by atoms with Gasteiger partial charge in [-0.05, 0) is 23.6 Å². The number of carbonyl (C=O) groups is 2. The Balaban J connectivity index is 3.24. The lowest BCUT2D eigenvalue weighted by atomic mass is 9.94. The van der Waals surface area contributed by atoms with Crippen molar-refractivity contribution in [3.05, 3.63) is 34.9 Å². The molecule has 0 aliphatic carbocycles. The highest BCUT2D eigenvalue weighted by Crippen LogP contribution is 2.22. The van der Waals surface area contributed by atoms with Crippen LogP contribution in [0.4, 0.5) is 0 Å². The van der Waals surface area contributed by atoms with Gasteiger partial charge in [0.2, 0.25) is 0 Å². The van der Waals surface area contributed by atoms with E-state index in [1.807, 2.05) is 6.07 Å². The number of hydrogen-bond donors (Lipinski definition) is 2. The molecule has 5 nitrogen and oxygen atoms in total. The predicted octanol–water partition coefficient (Wildman–Crippen LogP) is 0.808. The first kappa shape index (κ1) is 12.9. The maximum Gasteiger partial charge on any atom is 0.337 e. The fraction of sp³-hybridized carbons (Fsp3) is 0.250. The number of aliphatic hydroxyl groups is 1. The van der Waals surface area contributed by atoms with Crippen LogP contribution in [-0.2, 0) is 16.0 Å². The number of aliphatic hydroxyl groups excluding tert-OH is 1. The van der Waals surface area contributed by atoms with Gasteiger partial charge in [-0.3, -0.25) is 0 Å². The molecule has 0 amide bonds. The van der Waals surface area contributed by atoms with Crippen molar-refractivity contribution in [2.24, 2.45) is 0 Å². The summed E-state index contributed by atoms with van der Waals surface area (Å²) in [6.07, 6.45) is -0.569. The second kappa shape index (κ2) is 5.77. The quantitative estimate of drug-likeness (QED) is 0.733. The molecule has 88 valence electrons. The predicted molar refractivity (Wildman–Crippen MR) is 58.1 cm³/mol.